The van der Waals surface area contributed by atoms with Crippen LogP contribution in [0.4, 0.5) is 17.1 Å². The molecule has 118 valence electrons. The van der Waals surface area contributed by atoms with Crippen molar-refractivity contribution in [2.24, 2.45) is 0 Å². The molecule has 0 aromatic heterocycles. The summed E-state index contributed by atoms with van der Waals surface area (Å²) >= 11 is 2.37. The standard InChI is InChI=1S/C18H18IN3O/c1-12(23)20(2)16-4-6-18-14(8-16)10-22-11-21(18)9-13-7-15(19)3-5-17(13)22/h3-8H,9-11H2,1-2H3. The smallest absolute Gasteiger partial charge is 0.223 e. The van der Waals surface area contributed by atoms with E-state index in [9.17, 15) is 4.79 Å². The van der Waals surface area contributed by atoms with Gasteiger partial charge in [-0.15, -0.1) is 0 Å². The summed E-state index contributed by atoms with van der Waals surface area (Å²) < 4.78 is 1.28. The highest BCUT2D eigenvalue weighted by Crippen LogP contribution is 2.39. The maximum absolute atomic E-state index is 11.6. The first-order valence-corrected chi connectivity index (χ1v) is 8.76. The zero-order valence-corrected chi connectivity index (χ0v) is 15.4. The number of benzene rings is 2. The van der Waals surface area contributed by atoms with Crippen molar-refractivity contribution >= 4 is 45.6 Å². The van der Waals surface area contributed by atoms with Gasteiger partial charge in [-0.25, -0.2) is 0 Å². The van der Waals surface area contributed by atoms with Crippen molar-refractivity contribution < 1.29 is 4.79 Å². The quantitative estimate of drug-likeness (QED) is 0.662. The van der Waals surface area contributed by atoms with E-state index >= 15 is 0 Å². The molecule has 2 heterocycles. The number of amides is 1. The van der Waals surface area contributed by atoms with Crippen LogP contribution < -0.4 is 14.7 Å². The molecule has 2 bridgehead atoms. The van der Waals surface area contributed by atoms with Crippen molar-refractivity contribution in [2.45, 2.75) is 20.0 Å². The number of rotatable bonds is 1. The van der Waals surface area contributed by atoms with E-state index in [1.54, 1.807) is 11.8 Å². The molecule has 0 unspecified atom stereocenters. The zero-order chi connectivity index (χ0) is 16.1. The molecule has 0 fully saturated rings. The predicted molar refractivity (Wildman–Crippen MR) is 102 cm³/mol. The van der Waals surface area contributed by atoms with Crippen LogP contribution in [0.2, 0.25) is 0 Å². The first kappa shape index (κ1) is 14.8. The molecule has 2 aliphatic heterocycles. The Balaban J connectivity index is 1.74. The van der Waals surface area contributed by atoms with Gasteiger partial charge in [0.1, 0.15) is 0 Å². The number of hydrogen-bond donors (Lipinski definition) is 0. The Morgan fingerprint density at radius 3 is 2.30 bits per heavy atom. The second-order valence-corrected chi connectivity index (χ2v) is 7.45. The van der Waals surface area contributed by atoms with Crippen LogP contribution in [-0.4, -0.2) is 19.6 Å². The molecule has 23 heavy (non-hydrogen) atoms. The number of fused-ring (bicyclic) bond motifs is 6. The minimum atomic E-state index is 0.0569. The SMILES string of the molecule is CC(=O)N(C)c1ccc2c(c1)CN1CN2Cc2cc(I)ccc21. The zero-order valence-electron chi connectivity index (χ0n) is 13.2. The number of halogens is 1. The van der Waals surface area contributed by atoms with Crippen molar-refractivity contribution in [3.63, 3.8) is 0 Å². The van der Waals surface area contributed by atoms with Gasteiger partial charge in [-0.05, 0) is 70.1 Å². The van der Waals surface area contributed by atoms with Gasteiger partial charge in [0, 0.05) is 47.7 Å². The van der Waals surface area contributed by atoms with Crippen LogP contribution in [0.15, 0.2) is 36.4 Å². The van der Waals surface area contributed by atoms with Gasteiger partial charge < -0.3 is 14.7 Å². The molecule has 2 aromatic rings. The van der Waals surface area contributed by atoms with Crippen LogP contribution in [0.3, 0.4) is 0 Å². The van der Waals surface area contributed by atoms with Gasteiger partial charge in [0.25, 0.3) is 0 Å². The minimum absolute atomic E-state index is 0.0569. The van der Waals surface area contributed by atoms with Gasteiger partial charge in [0.05, 0.1) is 6.67 Å². The summed E-state index contributed by atoms with van der Waals surface area (Å²) in [4.78, 5) is 18.1. The highest BCUT2D eigenvalue weighted by atomic mass is 127. The Labute approximate surface area is 149 Å². The number of nitrogens with zero attached hydrogens (tertiary/aromatic N) is 3. The first-order chi connectivity index (χ1) is 11.0. The highest BCUT2D eigenvalue weighted by Gasteiger charge is 2.29. The van der Waals surface area contributed by atoms with Gasteiger partial charge in [-0.3, -0.25) is 4.79 Å². The molecule has 5 heteroatoms. The Morgan fingerprint density at radius 1 is 1.04 bits per heavy atom. The van der Waals surface area contributed by atoms with E-state index in [0.29, 0.717) is 0 Å². The van der Waals surface area contributed by atoms with Crippen molar-refractivity contribution in [1.29, 1.82) is 0 Å². The van der Waals surface area contributed by atoms with E-state index in [0.717, 1.165) is 25.4 Å². The van der Waals surface area contributed by atoms with E-state index in [1.165, 1.54) is 26.1 Å². The van der Waals surface area contributed by atoms with Crippen LogP contribution in [0.25, 0.3) is 0 Å². The van der Waals surface area contributed by atoms with Crippen molar-refractivity contribution in [3.05, 3.63) is 51.1 Å². The highest BCUT2D eigenvalue weighted by molar-refractivity contribution is 14.1. The molecule has 0 radical (unpaired) electrons. The molecule has 1 amide bonds. The maximum Gasteiger partial charge on any atom is 0.223 e. The predicted octanol–water partition coefficient (Wildman–Crippen LogP) is 3.57. The summed E-state index contributed by atoms with van der Waals surface area (Å²) in [7, 11) is 1.82. The van der Waals surface area contributed by atoms with Gasteiger partial charge in [0.15, 0.2) is 0 Å². The Kier molecular flexibility index (Phi) is 3.48. The van der Waals surface area contributed by atoms with E-state index in [-0.39, 0.29) is 5.91 Å². The monoisotopic (exact) mass is 419 g/mol. The van der Waals surface area contributed by atoms with Gasteiger partial charge in [0.2, 0.25) is 5.91 Å². The molecule has 2 aromatic carbocycles. The third kappa shape index (κ3) is 2.47. The lowest BCUT2D eigenvalue weighted by Gasteiger charge is -2.45. The van der Waals surface area contributed by atoms with Gasteiger partial charge >= 0.3 is 0 Å². The summed E-state index contributed by atoms with van der Waals surface area (Å²) in [6.07, 6.45) is 0. The lowest BCUT2D eigenvalue weighted by atomic mass is 10.0. The van der Waals surface area contributed by atoms with Crippen molar-refractivity contribution in [2.75, 3.05) is 28.4 Å². The number of anilines is 3. The molecule has 0 spiro atoms. The lowest BCUT2D eigenvalue weighted by Crippen LogP contribution is -2.46. The van der Waals surface area contributed by atoms with Crippen LogP contribution in [0, 0.1) is 3.57 Å². The van der Waals surface area contributed by atoms with Gasteiger partial charge in [-0.2, -0.15) is 0 Å². The fourth-order valence-electron chi connectivity index (χ4n) is 3.43. The summed E-state index contributed by atoms with van der Waals surface area (Å²) in [5.41, 5.74) is 6.25. The molecule has 0 N–H and O–H groups in total. The molecule has 0 atom stereocenters. The van der Waals surface area contributed by atoms with E-state index in [4.69, 9.17) is 0 Å². The summed E-state index contributed by atoms with van der Waals surface area (Å²) in [6, 6.07) is 13.0. The molecule has 2 aliphatic rings. The molecule has 4 rings (SSSR count). The first-order valence-electron chi connectivity index (χ1n) is 7.68. The minimum Gasteiger partial charge on any atom is -0.349 e. The van der Waals surface area contributed by atoms with Gasteiger partial charge in [-0.1, -0.05) is 0 Å². The fourth-order valence-corrected chi connectivity index (χ4v) is 3.98. The number of carbonyl (C=O) groups excluding carboxylic acids is 1. The number of carbonyl (C=O) groups is 1. The second-order valence-electron chi connectivity index (χ2n) is 6.20. The molecular weight excluding hydrogens is 401 g/mol. The Morgan fingerprint density at radius 2 is 1.65 bits per heavy atom. The fraction of sp³-hybridized carbons (Fsp3) is 0.278. The summed E-state index contributed by atoms with van der Waals surface area (Å²) in [6.45, 7) is 4.36. The molecule has 0 saturated heterocycles. The van der Waals surface area contributed by atoms with Crippen LogP contribution in [-0.2, 0) is 17.9 Å². The van der Waals surface area contributed by atoms with Crippen LogP contribution in [0.1, 0.15) is 18.1 Å². The molecule has 4 nitrogen and oxygen atoms in total. The number of hydrogen-bond acceptors (Lipinski definition) is 3. The largest absolute Gasteiger partial charge is 0.349 e. The van der Waals surface area contributed by atoms with E-state index in [2.05, 4.69) is 62.7 Å². The average molecular weight is 419 g/mol. The third-order valence-corrected chi connectivity index (χ3v) is 5.38. The van der Waals surface area contributed by atoms with E-state index in [1.807, 2.05) is 13.1 Å². The average Bonchev–Trinajstić information content (AvgIpc) is 2.53. The normalized spacial score (nSPS) is 15.1. The molecular formula is C18H18IN3O. The Hall–Kier alpha value is -1.76. The van der Waals surface area contributed by atoms with Crippen LogP contribution >= 0.6 is 22.6 Å². The molecule has 0 saturated carbocycles. The lowest BCUT2D eigenvalue weighted by molar-refractivity contribution is -0.116. The third-order valence-electron chi connectivity index (χ3n) is 4.71. The van der Waals surface area contributed by atoms with Crippen LogP contribution in [0.5, 0.6) is 0 Å². The van der Waals surface area contributed by atoms with E-state index < -0.39 is 0 Å². The molecule has 0 aliphatic carbocycles. The van der Waals surface area contributed by atoms with Crippen molar-refractivity contribution in [3.8, 4) is 0 Å². The summed E-state index contributed by atoms with van der Waals surface area (Å²) in [5.74, 6) is 0.0569. The Bertz CT molecular complexity index is 805. The summed E-state index contributed by atoms with van der Waals surface area (Å²) in [5, 5.41) is 0. The maximum atomic E-state index is 11.6. The van der Waals surface area contributed by atoms with Crippen molar-refractivity contribution in [1.82, 2.24) is 0 Å². The topological polar surface area (TPSA) is 26.8 Å². The second kappa shape index (κ2) is 5.40.